The number of hydrogen-bond donors (Lipinski definition) is 1. The van der Waals surface area contributed by atoms with Crippen molar-refractivity contribution < 1.29 is 9.59 Å². The SMILES string of the molecule is NCCC1C(=O)C2CCCCC2C1=O. The molecule has 2 N–H and O–H groups in total. The van der Waals surface area contributed by atoms with E-state index in [1.54, 1.807) is 0 Å². The van der Waals surface area contributed by atoms with E-state index in [1.165, 1.54) is 0 Å². The highest BCUT2D eigenvalue weighted by atomic mass is 16.2. The molecule has 3 nitrogen and oxygen atoms in total. The van der Waals surface area contributed by atoms with Crippen LogP contribution >= 0.6 is 0 Å². The second kappa shape index (κ2) is 3.81. The lowest BCUT2D eigenvalue weighted by Crippen LogP contribution is -2.21. The van der Waals surface area contributed by atoms with Gasteiger partial charge in [0.15, 0.2) is 0 Å². The Hall–Kier alpha value is -0.700. The van der Waals surface area contributed by atoms with Crippen LogP contribution in [0.4, 0.5) is 0 Å². The van der Waals surface area contributed by atoms with Gasteiger partial charge in [-0.2, -0.15) is 0 Å². The summed E-state index contributed by atoms with van der Waals surface area (Å²) in [6.07, 6.45) is 4.63. The van der Waals surface area contributed by atoms with Crippen LogP contribution in [0.2, 0.25) is 0 Å². The molecule has 0 aromatic rings. The molecule has 2 saturated carbocycles. The third-order valence-corrected chi connectivity index (χ3v) is 3.64. The summed E-state index contributed by atoms with van der Waals surface area (Å²) in [5.41, 5.74) is 5.42. The van der Waals surface area contributed by atoms with E-state index < -0.39 is 0 Å². The second-order valence-corrected chi connectivity index (χ2v) is 4.43. The number of Topliss-reactive ketones (excluding diaryl/α,β-unsaturated/α-hetero) is 2. The molecule has 0 aliphatic heterocycles. The first-order valence-electron chi connectivity index (χ1n) is 5.53. The Morgan fingerprint density at radius 2 is 1.57 bits per heavy atom. The number of ketones is 2. The van der Waals surface area contributed by atoms with Crippen molar-refractivity contribution in [2.24, 2.45) is 23.5 Å². The van der Waals surface area contributed by atoms with Crippen LogP contribution in [-0.2, 0) is 9.59 Å². The molecule has 0 heterocycles. The molecule has 78 valence electrons. The lowest BCUT2D eigenvalue weighted by atomic mass is 9.81. The summed E-state index contributed by atoms with van der Waals surface area (Å²) >= 11 is 0. The normalized spacial score (nSPS) is 37.4. The molecule has 0 bridgehead atoms. The fraction of sp³-hybridized carbons (Fsp3) is 0.818. The molecule has 2 aliphatic rings. The van der Waals surface area contributed by atoms with Crippen molar-refractivity contribution in [3.63, 3.8) is 0 Å². The van der Waals surface area contributed by atoms with E-state index in [-0.39, 0.29) is 29.3 Å². The minimum Gasteiger partial charge on any atom is -0.330 e. The van der Waals surface area contributed by atoms with Crippen molar-refractivity contribution >= 4 is 11.6 Å². The summed E-state index contributed by atoms with van der Waals surface area (Å²) < 4.78 is 0. The Balaban J connectivity index is 2.15. The first-order chi connectivity index (χ1) is 6.75. The number of fused-ring (bicyclic) bond motifs is 1. The number of hydrogen-bond acceptors (Lipinski definition) is 3. The molecular formula is C11H17NO2. The zero-order chi connectivity index (χ0) is 10.1. The van der Waals surface area contributed by atoms with E-state index in [4.69, 9.17) is 5.73 Å². The molecule has 2 rings (SSSR count). The Kier molecular flexibility index (Phi) is 2.68. The number of carbonyl (C=O) groups is 2. The molecule has 0 aromatic carbocycles. The van der Waals surface area contributed by atoms with Gasteiger partial charge in [0.2, 0.25) is 0 Å². The Morgan fingerprint density at radius 3 is 2.00 bits per heavy atom. The topological polar surface area (TPSA) is 60.2 Å². The maximum Gasteiger partial charge on any atom is 0.147 e. The van der Waals surface area contributed by atoms with Crippen molar-refractivity contribution in [3.05, 3.63) is 0 Å². The zero-order valence-electron chi connectivity index (χ0n) is 8.37. The fourth-order valence-corrected chi connectivity index (χ4v) is 2.92. The minimum atomic E-state index is -0.354. The Labute approximate surface area is 84.0 Å². The van der Waals surface area contributed by atoms with Gasteiger partial charge < -0.3 is 5.73 Å². The first kappa shape index (κ1) is 9.84. The average molecular weight is 195 g/mol. The highest BCUT2D eigenvalue weighted by molar-refractivity contribution is 6.11. The molecule has 0 saturated heterocycles. The van der Waals surface area contributed by atoms with Gasteiger partial charge in [0.25, 0.3) is 0 Å². The van der Waals surface area contributed by atoms with E-state index in [0.29, 0.717) is 13.0 Å². The third-order valence-electron chi connectivity index (χ3n) is 3.64. The zero-order valence-corrected chi connectivity index (χ0v) is 8.37. The summed E-state index contributed by atoms with van der Waals surface area (Å²) in [5.74, 6) is 0.115. The van der Waals surface area contributed by atoms with Gasteiger partial charge in [-0.05, 0) is 25.8 Å². The molecule has 0 aromatic heterocycles. The predicted molar refractivity (Wildman–Crippen MR) is 52.6 cm³/mol. The maximum atomic E-state index is 11.9. The van der Waals surface area contributed by atoms with Crippen molar-refractivity contribution in [1.82, 2.24) is 0 Å². The lowest BCUT2D eigenvalue weighted by molar-refractivity contribution is -0.128. The third kappa shape index (κ3) is 1.40. The lowest BCUT2D eigenvalue weighted by Gasteiger charge is -2.21. The largest absolute Gasteiger partial charge is 0.330 e. The van der Waals surface area contributed by atoms with Crippen LogP contribution in [0.3, 0.4) is 0 Å². The molecule has 0 spiro atoms. The molecule has 3 heteroatoms. The van der Waals surface area contributed by atoms with Crippen LogP contribution < -0.4 is 5.73 Å². The first-order valence-corrected chi connectivity index (χ1v) is 5.53. The van der Waals surface area contributed by atoms with Gasteiger partial charge in [-0.15, -0.1) is 0 Å². The predicted octanol–water partition coefficient (Wildman–Crippen LogP) is 0.910. The molecule has 2 fully saturated rings. The molecule has 2 unspecified atom stereocenters. The van der Waals surface area contributed by atoms with Crippen LogP contribution in [0.25, 0.3) is 0 Å². The molecule has 2 atom stereocenters. The maximum absolute atomic E-state index is 11.9. The monoisotopic (exact) mass is 195 g/mol. The van der Waals surface area contributed by atoms with Crippen molar-refractivity contribution in [1.29, 1.82) is 0 Å². The van der Waals surface area contributed by atoms with Crippen molar-refractivity contribution in [2.45, 2.75) is 32.1 Å². The average Bonchev–Trinajstić information content (AvgIpc) is 2.45. The summed E-state index contributed by atoms with van der Waals surface area (Å²) in [6, 6.07) is 0. The van der Waals surface area contributed by atoms with E-state index in [1.807, 2.05) is 0 Å². The van der Waals surface area contributed by atoms with Gasteiger partial charge >= 0.3 is 0 Å². The van der Waals surface area contributed by atoms with Crippen molar-refractivity contribution in [2.75, 3.05) is 6.54 Å². The summed E-state index contributed by atoms with van der Waals surface area (Å²) in [4.78, 5) is 23.7. The Bertz CT molecular complexity index is 238. The van der Waals surface area contributed by atoms with Gasteiger partial charge in [0.1, 0.15) is 11.6 Å². The van der Waals surface area contributed by atoms with E-state index in [0.717, 1.165) is 25.7 Å². The van der Waals surface area contributed by atoms with Crippen LogP contribution in [-0.4, -0.2) is 18.1 Å². The molecule has 2 aliphatic carbocycles. The van der Waals surface area contributed by atoms with Crippen molar-refractivity contribution in [3.8, 4) is 0 Å². The molecule has 0 radical (unpaired) electrons. The van der Waals surface area contributed by atoms with E-state index in [2.05, 4.69) is 0 Å². The van der Waals surface area contributed by atoms with E-state index in [9.17, 15) is 9.59 Å². The highest BCUT2D eigenvalue weighted by Crippen LogP contribution is 2.41. The standard InChI is InChI=1S/C11H17NO2/c12-6-5-9-10(13)7-3-1-2-4-8(7)11(9)14/h7-9H,1-6,12H2. The van der Waals surface area contributed by atoms with E-state index >= 15 is 0 Å². The minimum absolute atomic E-state index is 0.0489. The van der Waals surface area contributed by atoms with Gasteiger partial charge in [0, 0.05) is 11.8 Å². The molecule has 14 heavy (non-hydrogen) atoms. The van der Waals surface area contributed by atoms with Crippen LogP contribution in [0.1, 0.15) is 32.1 Å². The van der Waals surface area contributed by atoms with Gasteiger partial charge in [-0.25, -0.2) is 0 Å². The quantitative estimate of drug-likeness (QED) is 0.666. The summed E-state index contributed by atoms with van der Waals surface area (Å²) in [7, 11) is 0. The van der Waals surface area contributed by atoms with Gasteiger partial charge in [-0.3, -0.25) is 9.59 Å². The summed E-state index contributed by atoms with van der Waals surface area (Å²) in [5, 5.41) is 0. The smallest absolute Gasteiger partial charge is 0.147 e. The second-order valence-electron chi connectivity index (χ2n) is 4.43. The highest BCUT2D eigenvalue weighted by Gasteiger charge is 2.48. The van der Waals surface area contributed by atoms with Crippen LogP contribution in [0.15, 0.2) is 0 Å². The van der Waals surface area contributed by atoms with Gasteiger partial charge in [0.05, 0.1) is 5.92 Å². The molecule has 0 amide bonds. The summed E-state index contributed by atoms with van der Waals surface area (Å²) in [6.45, 7) is 0.446. The number of nitrogens with two attached hydrogens (primary N) is 1. The fourth-order valence-electron chi connectivity index (χ4n) is 2.92. The Morgan fingerprint density at radius 1 is 1.07 bits per heavy atom. The van der Waals surface area contributed by atoms with Crippen LogP contribution in [0.5, 0.6) is 0 Å². The number of rotatable bonds is 2. The van der Waals surface area contributed by atoms with Gasteiger partial charge in [-0.1, -0.05) is 12.8 Å². The number of carbonyl (C=O) groups excluding carboxylic acids is 2. The van der Waals surface area contributed by atoms with Crippen LogP contribution in [0, 0.1) is 17.8 Å². The molecular weight excluding hydrogens is 178 g/mol.